The van der Waals surface area contributed by atoms with Crippen LogP contribution in [0.4, 0.5) is 11.4 Å². The zero-order valence-corrected chi connectivity index (χ0v) is 15.7. The van der Waals surface area contributed by atoms with E-state index >= 15 is 0 Å². The summed E-state index contributed by atoms with van der Waals surface area (Å²) in [7, 11) is 1.26. The van der Waals surface area contributed by atoms with Crippen molar-refractivity contribution in [1.29, 1.82) is 0 Å². The number of nitrogens with zero attached hydrogens (tertiary/aromatic N) is 1. The maximum absolute atomic E-state index is 12.5. The molecule has 0 bridgehead atoms. The van der Waals surface area contributed by atoms with Crippen molar-refractivity contribution < 1.29 is 28.6 Å². The number of anilines is 2. The van der Waals surface area contributed by atoms with E-state index in [0.29, 0.717) is 27.9 Å². The lowest BCUT2D eigenvalue weighted by atomic mass is 10.2. The van der Waals surface area contributed by atoms with Gasteiger partial charge >= 0.3 is 5.97 Å². The number of fused-ring (bicyclic) bond motifs is 1. The Kier molecular flexibility index (Phi) is 6.00. The summed E-state index contributed by atoms with van der Waals surface area (Å²) in [5.74, 6) is -0.401. The third kappa shape index (κ3) is 4.72. The molecule has 2 aromatic carbocycles. The minimum absolute atomic E-state index is 0.154. The lowest BCUT2D eigenvalue weighted by Crippen LogP contribution is -2.43. The summed E-state index contributed by atoms with van der Waals surface area (Å²) in [6.07, 6.45) is 0. The summed E-state index contributed by atoms with van der Waals surface area (Å²) in [6.45, 7) is -0.602. The van der Waals surface area contributed by atoms with Crippen LogP contribution >= 0.6 is 11.6 Å². The molecular weight excluding hydrogens is 388 g/mol. The summed E-state index contributed by atoms with van der Waals surface area (Å²) in [5.41, 5.74) is 0.897. The van der Waals surface area contributed by atoms with Gasteiger partial charge in [-0.15, -0.1) is 0 Å². The van der Waals surface area contributed by atoms with Gasteiger partial charge in [-0.3, -0.25) is 14.5 Å². The van der Waals surface area contributed by atoms with Gasteiger partial charge in [0.15, 0.2) is 13.2 Å². The van der Waals surface area contributed by atoms with Crippen LogP contribution in [-0.2, 0) is 19.1 Å². The third-order valence-corrected chi connectivity index (χ3v) is 4.10. The Bertz CT molecular complexity index is 917. The van der Waals surface area contributed by atoms with Crippen molar-refractivity contribution in [2.45, 2.75) is 0 Å². The smallest absolute Gasteiger partial charge is 0.343 e. The standard InChI is InChI=1S/C19H17ClN2O6/c1-26-19(25)11-27-14-4-2-3-13(8-14)21-17(23)9-22-15-7-12(20)5-6-16(15)28-10-18(22)24/h2-8H,9-11H2,1H3,(H,21,23). The van der Waals surface area contributed by atoms with Crippen LogP contribution < -0.4 is 19.7 Å². The fraction of sp³-hybridized carbons (Fsp3) is 0.211. The van der Waals surface area contributed by atoms with Gasteiger partial charge in [-0.1, -0.05) is 17.7 Å². The van der Waals surface area contributed by atoms with Crippen molar-refractivity contribution in [3.8, 4) is 11.5 Å². The van der Waals surface area contributed by atoms with Crippen LogP contribution in [0.15, 0.2) is 42.5 Å². The number of ether oxygens (including phenoxy) is 3. The lowest BCUT2D eigenvalue weighted by Gasteiger charge is -2.29. The number of methoxy groups -OCH3 is 1. The van der Waals surface area contributed by atoms with E-state index in [1.807, 2.05) is 0 Å². The summed E-state index contributed by atoms with van der Waals surface area (Å²) < 4.78 is 15.1. The van der Waals surface area contributed by atoms with Gasteiger partial charge in [-0.2, -0.15) is 0 Å². The quantitative estimate of drug-likeness (QED) is 0.742. The van der Waals surface area contributed by atoms with Gasteiger partial charge in [0.1, 0.15) is 18.0 Å². The first-order chi connectivity index (χ1) is 13.5. The Morgan fingerprint density at radius 2 is 2.07 bits per heavy atom. The molecule has 146 valence electrons. The molecule has 0 fully saturated rings. The zero-order valence-electron chi connectivity index (χ0n) is 14.9. The highest BCUT2D eigenvalue weighted by molar-refractivity contribution is 6.31. The van der Waals surface area contributed by atoms with Gasteiger partial charge in [-0.25, -0.2) is 4.79 Å². The number of rotatable bonds is 6. The van der Waals surface area contributed by atoms with Gasteiger partial charge in [0.05, 0.1) is 12.8 Å². The molecule has 9 heteroatoms. The van der Waals surface area contributed by atoms with Crippen molar-refractivity contribution in [2.75, 3.05) is 37.1 Å². The minimum Gasteiger partial charge on any atom is -0.482 e. The lowest BCUT2D eigenvalue weighted by molar-refractivity contribution is -0.142. The number of amides is 2. The van der Waals surface area contributed by atoms with Gasteiger partial charge in [0.25, 0.3) is 5.91 Å². The largest absolute Gasteiger partial charge is 0.482 e. The van der Waals surface area contributed by atoms with Crippen LogP contribution in [0.3, 0.4) is 0 Å². The highest BCUT2D eigenvalue weighted by atomic mass is 35.5. The first kappa shape index (κ1) is 19.5. The molecule has 0 saturated heterocycles. The van der Waals surface area contributed by atoms with E-state index in [1.54, 1.807) is 42.5 Å². The molecule has 1 N–H and O–H groups in total. The summed E-state index contributed by atoms with van der Waals surface area (Å²) in [5, 5.41) is 3.12. The molecule has 0 spiro atoms. The molecule has 2 aromatic rings. The zero-order chi connectivity index (χ0) is 20.1. The van der Waals surface area contributed by atoms with Crippen molar-refractivity contribution in [2.24, 2.45) is 0 Å². The van der Waals surface area contributed by atoms with Crippen LogP contribution in [0.2, 0.25) is 5.02 Å². The van der Waals surface area contributed by atoms with Crippen molar-refractivity contribution in [1.82, 2.24) is 0 Å². The molecule has 8 nitrogen and oxygen atoms in total. The number of hydrogen-bond acceptors (Lipinski definition) is 6. The maximum Gasteiger partial charge on any atom is 0.343 e. The minimum atomic E-state index is -0.516. The van der Waals surface area contributed by atoms with E-state index in [1.165, 1.54) is 12.0 Å². The molecule has 2 amide bonds. The Hall–Kier alpha value is -3.26. The number of esters is 1. The molecule has 0 atom stereocenters. The van der Waals surface area contributed by atoms with E-state index < -0.39 is 11.9 Å². The second-order valence-corrected chi connectivity index (χ2v) is 6.26. The van der Waals surface area contributed by atoms with E-state index in [9.17, 15) is 14.4 Å². The van der Waals surface area contributed by atoms with Crippen LogP contribution in [0, 0.1) is 0 Å². The maximum atomic E-state index is 12.5. The topological polar surface area (TPSA) is 94.2 Å². The molecule has 0 unspecified atom stereocenters. The molecule has 1 heterocycles. The van der Waals surface area contributed by atoms with Crippen LogP contribution in [0.1, 0.15) is 0 Å². The Morgan fingerprint density at radius 3 is 2.86 bits per heavy atom. The fourth-order valence-corrected chi connectivity index (χ4v) is 2.72. The Balaban J connectivity index is 1.67. The van der Waals surface area contributed by atoms with E-state index in [2.05, 4.69) is 10.1 Å². The molecule has 0 aliphatic carbocycles. The Labute approximate surface area is 165 Å². The number of halogens is 1. The third-order valence-electron chi connectivity index (χ3n) is 3.87. The SMILES string of the molecule is COC(=O)COc1cccc(NC(=O)CN2C(=O)COc3ccc(Cl)cc32)c1. The first-order valence-corrected chi connectivity index (χ1v) is 8.66. The number of nitrogens with one attached hydrogen (secondary N) is 1. The normalized spacial score (nSPS) is 12.6. The number of carbonyl (C=O) groups is 3. The van der Waals surface area contributed by atoms with Crippen LogP contribution in [0.5, 0.6) is 11.5 Å². The predicted octanol–water partition coefficient (Wildman–Crippen LogP) is 2.26. The molecule has 0 radical (unpaired) electrons. The van der Waals surface area contributed by atoms with E-state index in [4.69, 9.17) is 21.1 Å². The fourth-order valence-electron chi connectivity index (χ4n) is 2.56. The Morgan fingerprint density at radius 1 is 1.25 bits per heavy atom. The van der Waals surface area contributed by atoms with Crippen LogP contribution in [-0.4, -0.2) is 44.7 Å². The van der Waals surface area contributed by atoms with Gasteiger partial charge in [0.2, 0.25) is 5.91 Å². The molecule has 0 saturated carbocycles. The molecule has 1 aliphatic rings. The molecule has 1 aliphatic heterocycles. The van der Waals surface area contributed by atoms with E-state index in [0.717, 1.165) is 0 Å². The number of carbonyl (C=O) groups excluding carboxylic acids is 3. The van der Waals surface area contributed by atoms with Crippen molar-refractivity contribution in [3.05, 3.63) is 47.5 Å². The van der Waals surface area contributed by atoms with Crippen molar-refractivity contribution >= 4 is 40.8 Å². The summed E-state index contributed by atoms with van der Waals surface area (Å²) >= 11 is 5.99. The molecular formula is C19H17ClN2O6. The van der Waals surface area contributed by atoms with E-state index in [-0.39, 0.29) is 25.7 Å². The van der Waals surface area contributed by atoms with Gasteiger partial charge in [-0.05, 0) is 30.3 Å². The average Bonchev–Trinajstić information content (AvgIpc) is 2.68. The summed E-state index contributed by atoms with van der Waals surface area (Å²) in [6, 6.07) is 11.4. The second kappa shape index (κ2) is 8.62. The number of benzene rings is 2. The monoisotopic (exact) mass is 404 g/mol. The summed E-state index contributed by atoms with van der Waals surface area (Å²) in [4.78, 5) is 37.1. The van der Waals surface area contributed by atoms with Crippen molar-refractivity contribution in [3.63, 3.8) is 0 Å². The predicted molar refractivity (Wildman–Crippen MR) is 102 cm³/mol. The molecule has 0 aromatic heterocycles. The average molecular weight is 405 g/mol. The van der Waals surface area contributed by atoms with Crippen LogP contribution in [0.25, 0.3) is 0 Å². The van der Waals surface area contributed by atoms with Gasteiger partial charge < -0.3 is 19.5 Å². The first-order valence-electron chi connectivity index (χ1n) is 8.28. The molecule has 28 heavy (non-hydrogen) atoms. The van der Waals surface area contributed by atoms with Gasteiger partial charge in [0, 0.05) is 16.8 Å². The second-order valence-electron chi connectivity index (χ2n) is 5.82. The highest BCUT2D eigenvalue weighted by Gasteiger charge is 2.27. The molecule has 3 rings (SSSR count). The number of hydrogen-bond donors (Lipinski definition) is 1. The highest BCUT2D eigenvalue weighted by Crippen LogP contribution is 2.34.